The molecule has 1 fully saturated rings. The number of hydrogen-bond acceptors (Lipinski definition) is 2. The van der Waals surface area contributed by atoms with Crippen LogP contribution in [-0.2, 0) is 10.9 Å². The van der Waals surface area contributed by atoms with Gasteiger partial charge in [0.25, 0.3) is 0 Å². The van der Waals surface area contributed by atoms with E-state index in [-0.39, 0.29) is 17.6 Å². The molecule has 0 radical (unpaired) electrons. The number of nitrogens with one attached hydrogen (secondary N) is 1. The molecule has 2 heterocycles. The van der Waals surface area contributed by atoms with E-state index in [2.05, 4.69) is 5.32 Å². The van der Waals surface area contributed by atoms with Gasteiger partial charge in [-0.15, -0.1) is 0 Å². The molecule has 6 heteroatoms. The zero-order chi connectivity index (χ0) is 14.3. The highest BCUT2D eigenvalue weighted by atomic mass is 19.4. The van der Waals surface area contributed by atoms with E-state index >= 15 is 0 Å². The summed E-state index contributed by atoms with van der Waals surface area (Å²) in [5.74, 6) is -1.19. The summed E-state index contributed by atoms with van der Waals surface area (Å²) in [5, 5.41) is 3.27. The van der Waals surface area contributed by atoms with Crippen LogP contribution in [0.25, 0.3) is 5.57 Å². The molecule has 0 saturated carbocycles. The van der Waals surface area contributed by atoms with E-state index in [0.29, 0.717) is 25.2 Å². The molecule has 1 saturated heterocycles. The number of rotatable bonds is 1. The maximum Gasteiger partial charge on any atom is 0.419 e. The fourth-order valence-corrected chi connectivity index (χ4v) is 2.73. The number of alkyl halides is 3. The fourth-order valence-electron chi connectivity index (χ4n) is 2.73. The third-order valence-corrected chi connectivity index (χ3v) is 3.58. The molecule has 2 aliphatic rings. The summed E-state index contributed by atoms with van der Waals surface area (Å²) in [4.78, 5) is 0. The van der Waals surface area contributed by atoms with Crippen molar-refractivity contribution in [3.8, 4) is 0 Å². The second-order valence-electron chi connectivity index (χ2n) is 5.07. The normalized spacial score (nSPS) is 26.3. The number of benzene rings is 1. The van der Waals surface area contributed by atoms with Crippen molar-refractivity contribution in [3.63, 3.8) is 0 Å². The number of ether oxygens (including phenoxy) is 1. The first-order valence-corrected chi connectivity index (χ1v) is 6.35. The van der Waals surface area contributed by atoms with Crippen molar-refractivity contribution >= 4 is 5.57 Å². The number of fused-ring (bicyclic) bond motifs is 2. The molecule has 2 bridgehead atoms. The molecule has 2 aliphatic heterocycles. The van der Waals surface area contributed by atoms with Gasteiger partial charge in [-0.25, -0.2) is 4.39 Å². The predicted octanol–water partition coefficient (Wildman–Crippen LogP) is 2.99. The van der Waals surface area contributed by atoms with Gasteiger partial charge >= 0.3 is 6.18 Å². The molecule has 1 aromatic rings. The Morgan fingerprint density at radius 1 is 1.20 bits per heavy atom. The van der Waals surface area contributed by atoms with Crippen molar-refractivity contribution in [1.82, 2.24) is 5.32 Å². The standard InChI is InChI=1S/C14H13F4NO/c15-13-11(2-1-3-12(13)14(16,17)18)8-4-9-6-20-7-10(5-8)19-9/h1-4,9-10,19H,5-7H2. The highest BCUT2D eigenvalue weighted by Gasteiger charge is 2.36. The molecule has 2 atom stereocenters. The number of morpholine rings is 1. The zero-order valence-electron chi connectivity index (χ0n) is 10.5. The van der Waals surface area contributed by atoms with Crippen LogP contribution in [0.4, 0.5) is 17.6 Å². The first kappa shape index (κ1) is 13.6. The molecule has 0 aromatic heterocycles. The van der Waals surface area contributed by atoms with E-state index in [1.165, 1.54) is 12.1 Å². The lowest BCUT2D eigenvalue weighted by molar-refractivity contribution is -0.140. The third kappa shape index (κ3) is 2.45. The minimum absolute atomic E-state index is 0.0303. The lowest BCUT2D eigenvalue weighted by Gasteiger charge is -2.35. The lowest BCUT2D eigenvalue weighted by Crippen LogP contribution is -2.50. The Morgan fingerprint density at radius 3 is 2.70 bits per heavy atom. The molecule has 0 spiro atoms. The monoisotopic (exact) mass is 287 g/mol. The summed E-state index contributed by atoms with van der Waals surface area (Å²) in [5.41, 5.74) is -0.556. The molecule has 0 aliphatic carbocycles. The van der Waals surface area contributed by atoms with Crippen LogP contribution < -0.4 is 5.32 Å². The summed E-state index contributed by atoms with van der Waals surface area (Å²) in [7, 11) is 0. The fraction of sp³-hybridized carbons (Fsp3) is 0.429. The summed E-state index contributed by atoms with van der Waals surface area (Å²) < 4.78 is 57.7. The van der Waals surface area contributed by atoms with Crippen LogP contribution in [0, 0.1) is 5.82 Å². The van der Waals surface area contributed by atoms with Crippen LogP contribution in [0.1, 0.15) is 17.5 Å². The van der Waals surface area contributed by atoms with Crippen LogP contribution in [0.3, 0.4) is 0 Å². The lowest BCUT2D eigenvalue weighted by atomic mass is 9.90. The number of hydrogen-bond donors (Lipinski definition) is 1. The van der Waals surface area contributed by atoms with Crippen molar-refractivity contribution in [2.75, 3.05) is 13.2 Å². The Hall–Kier alpha value is -1.40. The van der Waals surface area contributed by atoms with E-state index in [4.69, 9.17) is 4.74 Å². The van der Waals surface area contributed by atoms with E-state index in [9.17, 15) is 17.6 Å². The SMILES string of the molecule is Fc1c(C2=CC3COCC(C2)N3)cccc1C(F)(F)F. The second kappa shape index (κ2) is 4.86. The van der Waals surface area contributed by atoms with Gasteiger partial charge in [-0.2, -0.15) is 13.2 Å². The molecule has 108 valence electrons. The van der Waals surface area contributed by atoms with Crippen molar-refractivity contribution in [3.05, 3.63) is 41.2 Å². The molecule has 2 nitrogen and oxygen atoms in total. The average Bonchev–Trinajstić information content (AvgIpc) is 2.37. The van der Waals surface area contributed by atoms with Crippen LogP contribution >= 0.6 is 0 Å². The second-order valence-corrected chi connectivity index (χ2v) is 5.07. The largest absolute Gasteiger partial charge is 0.419 e. The van der Waals surface area contributed by atoms with Gasteiger partial charge in [0.2, 0.25) is 0 Å². The summed E-state index contributed by atoms with van der Waals surface area (Å²) in [6, 6.07) is 3.38. The highest BCUT2D eigenvalue weighted by molar-refractivity contribution is 5.69. The average molecular weight is 287 g/mol. The summed E-state index contributed by atoms with van der Waals surface area (Å²) in [6.45, 7) is 0.953. The maximum atomic E-state index is 14.1. The zero-order valence-corrected chi connectivity index (χ0v) is 10.5. The predicted molar refractivity (Wildman–Crippen MR) is 65.5 cm³/mol. The van der Waals surface area contributed by atoms with Gasteiger partial charge < -0.3 is 10.1 Å². The Balaban J connectivity index is 2.01. The molecule has 20 heavy (non-hydrogen) atoms. The topological polar surface area (TPSA) is 21.3 Å². The minimum atomic E-state index is -4.67. The Bertz CT molecular complexity index is 553. The van der Waals surface area contributed by atoms with Gasteiger partial charge in [0, 0.05) is 17.6 Å². The van der Waals surface area contributed by atoms with Gasteiger partial charge in [-0.05, 0) is 18.1 Å². The van der Waals surface area contributed by atoms with E-state index in [1.54, 1.807) is 6.08 Å². The van der Waals surface area contributed by atoms with E-state index < -0.39 is 17.6 Å². The molecule has 0 amide bonds. The maximum absolute atomic E-state index is 14.1. The molecule has 1 aromatic carbocycles. The third-order valence-electron chi connectivity index (χ3n) is 3.58. The highest BCUT2D eigenvalue weighted by Crippen LogP contribution is 2.36. The smallest absolute Gasteiger partial charge is 0.378 e. The van der Waals surface area contributed by atoms with Gasteiger partial charge in [0.05, 0.1) is 18.8 Å². The van der Waals surface area contributed by atoms with Gasteiger partial charge in [0.15, 0.2) is 0 Å². The van der Waals surface area contributed by atoms with Crippen LogP contribution in [0.5, 0.6) is 0 Å². The Labute approximate surface area is 113 Å². The van der Waals surface area contributed by atoms with Crippen LogP contribution in [0.15, 0.2) is 24.3 Å². The van der Waals surface area contributed by atoms with Crippen molar-refractivity contribution in [2.45, 2.75) is 24.7 Å². The molecular formula is C14H13F4NO. The van der Waals surface area contributed by atoms with Gasteiger partial charge in [0.1, 0.15) is 5.82 Å². The Morgan fingerprint density at radius 2 is 2.00 bits per heavy atom. The van der Waals surface area contributed by atoms with Gasteiger partial charge in [-0.1, -0.05) is 18.2 Å². The molecular weight excluding hydrogens is 274 g/mol. The Kier molecular flexibility index (Phi) is 3.30. The first-order valence-electron chi connectivity index (χ1n) is 6.35. The van der Waals surface area contributed by atoms with Gasteiger partial charge in [-0.3, -0.25) is 0 Å². The molecule has 2 unspecified atom stereocenters. The van der Waals surface area contributed by atoms with Crippen molar-refractivity contribution in [2.24, 2.45) is 0 Å². The molecule has 3 rings (SSSR count). The van der Waals surface area contributed by atoms with Crippen molar-refractivity contribution < 1.29 is 22.3 Å². The summed E-state index contributed by atoms with van der Waals surface area (Å²) in [6.07, 6.45) is -2.45. The van der Waals surface area contributed by atoms with E-state index in [1.807, 2.05) is 0 Å². The number of halogens is 4. The van der Waals surface area contributed by atoms with Crippen LogP contribution in [-0.4, -0.2) is 25.3 Å². The van der Waals surface area contributed by atoms with E-state index in [0.717, 1.165) is 6.07 Å². The minimum Gasteiger partial charge on any atom is -0.378 e. The molecule has 1 N–H and O–H groups in total. The van der Waals surface area contributed by atoms with Crippen LogP contribution in [0.2, 0.25) is 0 Å². The summed E-state index contributed by atoms with van der Waals surface area (Å²) >= 11 is 0. The first-order chi connectivity index (χ1) is 9.45. The van der Waals surface area contributed by atoms with Crippen molar-refractivity contribution in [1.29, 1.82) is 0 Å². The quantitative estimate of drug-likeness (QED) is 0.802.